The zero-order chi connectivity index (χ0) is 8.32. The highest BCUT2D eigenvalue weighted by molar-refractivity contribution is 5.79. The van der Waals surface area contributed by atoms with E-state index in [1.54, 1.807) is 0 Å². The molecule has 0 atom stereocenters. The van der Waals surface area contributed by atoms with Gasteiger partial charge in [0.2, 0.25) is 0 Å². The molecule has 1 rings (SSSR count). The molecule has 0 aromatic carbocycles. The van der Waals surface area contributed by atoms with Gasteiger partial charge in [-0.1, -0.05) is 13.3 Å². The van der Waals surface area contributed by atoms with Crippen LogP contribution in [0, 0.1) is 0 Å². The van der Waals surface area contributed by atoms with Gasteiger partial charge in [0.05, 0.1) is 5.60 Å². The molecular weight excluding hydrogens is 140 g/mol. The Labute approximate surface area is 67.6 Å². The minimum absolute atomic E-state index is 0.311. The molecule has 0 heterocycles. The summed E-state index contributed by atoms with van der Waals surface area (Å²) in [5.41, 5.74) is -0.511. The molecule has 0 spiro atoms. The van der Waals surface area contributed by atoms with Gasteiger partial charge in [0.1, 0.15) is 5.78 Å². The highest BCUT2D eigenvalue weighted by Crippen LogP contribution is 2.29. The quantitative estimate of drug-likeness (QED) is 0.660. The second-order valence-electron chi connectivity index (χ2n) is 3.51. The van der Waals surface area contributed by atoms with Crippen molar-refractivity contribution in [3.05, 3.63) is 0 Å². The van der Waals surface area contributed by atoms with E-state index >= 15 is 0 Å². The molecule has 0 aromatic rings. The zero-order valence-electron chi connectivity index (χ0n) is 7.10. The van der Waals surface area contributed by atoms with Crippen LogP contribution in [0.15, 0.2) is 0 Å². The van der Waals surface area contributed by atoms with Crippen molar-refractivity contribution >= 4 is 5.78 Å². The van der Waals surface area contributed by atoms with E-state index < -0.39 is 5.60 Å². The van der Waals surface area contributed by atoms with E-state index in [1.807, 2.05) is 0 Å². The summed E-state index contributed by atoms with van der Waals surface area (Å²) in [7, 11) is 0. The number of hydrogen-bond acceptors (Lipinski definition) is 2. The summed E-state index contributed by atoms with van der Waals surface area (Å²) in [6, 6.07) is 0. The van der Waals surface area contributed by atoms with E-state index in [-0.39, 0.29) is 0 Å². The van der Waals surface area contributed by atoms with Crippen LogP contribution >= 0.6 is 0 Å². The van der Waals surface area contributed by atoms with Gasteiger partial charge in [0, 0.05) is 12.8 Å². The lowest BCUT2D eigenvalue weighted by atomic mass is 9.81. The number of carbonyl (C=O) groups is 1. The van der Waals surface area contributed by atoms with Gasteiger partial charge in [-0.05, 0) is 19.3 Å². The molecule has 1 fully saturated rings. The molecule has 1 N–H and O–H groups in total. The summed E-state index contributed by atoms with van der Waals surface area (Å²) in [6.45, 7) is 2.06. The highest BCUT2D eigenvalue weighted by atomic mass is 16.3. The molecular formula is C9H16O2. The maximum Gasteiger partial charge on any atom is 0.133 e. The minimum Gasteiger partial charge on any atom is -0.390 e. The SMILES string of the molecule is CCCC1(O)CCC(=O)CC1. The van der Waals surface area contributed by atoms with Crippen molar-refractivity contribution in [2.24, 2.45) is 0 Å². The standard InChI is InChI=1S/C9H16O2/c1-2-5-9(11)6-3-8(10)4-7-9/h11H,2-7H2,1H3. The normalized spacial score (nSPS) is 23.6. The molecule has 0 radical (unpaired) electrons. The maximum atomic E-state index is 10.8. The first-order chi connectivity index (χ1) is 5.16. The second-order valence-corrected chi connectivity index (χ2v) is 3.51. The third-order valence-corrected chi connectivity index (χ3v) is 2.45. The van der Waals surface area contributed by atoms with Crippen molar-refractivity contribution in [2.45, 2.75) is 51.0 Å². The average molecular weight is 156 g/mol. The van der Waals surface area contributed by atoms with Crippen LogP contribution in [0.1, 0.15) is 45.4 Å². The van der Waals surface area contributed by atoms with Crippen molar-refractivity contribution in [1.82, 2.24) is 0 Å². The van der Waals surface area contributed by atoms with Crippen molar-refractivity contribution in [3.8, 4) is 0 Å². The predicted molar refractivity (Wildman–Crippen MR) is 43.3 cm³/mol. The fourth-order valence-corrected chi connectivity index (χ4v) is 1.71. The van der Waals surface area contributed by atoms with Crippen molar-refractivity contribution in [1.29, 1.82) is 0 Å². The monoisotopic (exact) mass is 156 g/mol. The first-order valence-electron chi connectivity index (χ1n) is 4.40. The Balaban J connectivity index is 2.41. The minimum atomic E-state index is -0.511. The fraction of sp³-hybridized carbons (Fsp3) is 0.889. The second kappa shape index (κ2) is 3.35. The molecule has 1 saturated carbocycles. The smallest absolute Gasteiger partial charge is 0.133 e. The Morgan fingerprint density at radius 2 is 2.00 bits per heavy atom. The molecule has 0 unspecified atom stereocenters. The van der Waals surface area contributed by atoms with Gasteiger partial charge < -0.3 is 5.11 Å². The number of carbonyl (C=O) groups excluding carboxylic acids is 1. The molecule has 0 bridgehead atoms. The fourth-order valence-electron chi connectivity index (χ4n) is 1.71. The van der Waals surface area contributed by atoms with Gasteiger partial charge in [-0.25, -0.2) is 0 Å². The highest BCUT2D eigenvalue weighted by Gasteiger charge is 2.30. The molecule has 64 valence electrons. The molecule has 1 aliphatic carbocycles. The molecule has 1 aliphatic rings. The van der Waals surface area contributed by atoms with Gasteiger partial charge in [-0.2, -0.15) is 0 Å². The molecule has 11 heavy (non-hydrogen) atoms. The third-order valence-electron chi connectivity index (χ3n) is 2.45. The lowest BCUT2D eigenvalue weighted by molar-refractivity contribution is -0.125. The summed E-state index contributed by atoms with van der Waals surface area (Å²) in [5.74, 6) is 0.311. The van der Waals surface area contributed by atoms with E-state index in [1.165, 1.54) is 0 Å². The summed E-state index contributed by atoms with van der Waals surface area (Å²) in [5, 5.41) is 9.84. The number of Topliss-reactive ketones (excluding diaryl/α,β-unsaturated/α-hetero) is 1. The molecule has 0 amide bonds. The van der Waals surface area contributed by atoms with Crippen LogP contribution in [-0.2, 0) is 4.79 Å². The van der Waals surface area contributed by atoms with Crippen LogP contribution in [0.25, 0.3) is 0 Å². The van der Waals surface area contributed by atoms with Crippen molar-refractivity contribution in [2.75, 3.05) is 0 Å². The predicted octanol–water partition coefficient (Wildman–Crippen LogP) is 1.66. The van der Waals surface area contributed by atoms with Crippen LogP contribution in [0.3, 0.4) is 0 Å². The maximum absolute atomic E-state index is 10.8. The van der Waals surface area contributed by atoms with Crippen LogP contribution in [0.2, 0.25) is 0 Å². The number of ketones is 1. The molecule has 0 saturated heterocycles. The lowest BCUT2D eigenvalue weighted by Crippen LogP contribution is -2.33. The van der Waals surface area contributed by atoms with Crippen LogP contribution < -0.4 is 0 Å². The van der Waals surface area contributed by atoms with E-state index in [0.29, 0.717) is 31.5 Å². The van der Waals surface area contributed by atoms with Gasteiger partial charge in [-0.15, -0.1) is 0 Å². The van der Waals surface area contributed by atoms with Gasteiger partial charge in [0.25, 0.3) is 0 Å². The lowest BCUT2D eigenvalue weighted by Gasteiger charge is -2.30. The van der Waals surface area contributed by atoms with Crippen molar-refractivity contribution < 1.29 is 9.90 Å². The summed E-state index contributed by atoms with van der Waals surface area (Å²) in [4.78, 5) is 10.8. The molecule has 2 heteroatoms. The Kier molecular flexibility index (Phi) is 2.66. The summed E-state index contributed by atoms with van der Waals surface area (Å²) >= 11 is 0. The number of aliphatic hydroxyl groups is 1. The van der Waals surface area contributed by atoms with E-state index in [4.69, 9.17) is 0 Å². The molecule has 0 aliphatic heterocycles. The van der Waals surface area contributed by atoms with Crippen LogP contribution in [-0.4, -0.2) is 16.5 Å². The number of rotatable bonds is 2. The van der Waals surface area contributed by atoms with Gasteiger partial charge in [-0.3, -0.25) is 4.79 Å². The van der Waals surface area contributed by atoms with Crippen LogP contribution in [0.5, 0.6) is 0 Å². The average Bonchev–Trinajstić information content (AvgIpc) is 1.97. The summed E-state index contributed by atoms with van der Waals surface area (Å²) in [6.07, 6.45) is 4.37. The molecule has 0 aromatic heterocycles. The molecule has 2 nitrogen and oxygen atoms in total. The largest absolute Gasteiger partial charge is 0.390 e. The van der Waals surface area contributed by atoms with Gasteiger partial charge >= 0.3 is 0 Å². The van der Waals surface area contributed by atoms with E-state index in [0.717, 1.165) is 12.8 Å². The third kappa shape index (κ3) is 2.29. The Morgan fingerprint density at radius 3 is 2.45 bits per heavy atom. The summed E-state index contributed by atoms with van der Waals surface area (Å²) < 4.78 is 0. The van der Waals surface area contributed by atoms with Crippen molar-refractivity contribution in [3.63, 3.8) is 0 Å². The Hall–Kier alpha value is -0.370. The topological polar surface area (TPSA) is 37.3 Å². The van der Waals surface area contributed by atoms with E-state index in [9.17, 15) is 9.90 Å². The van der Waals surface area contributed by atoms with Gasteiger partial charge in [0.15, 0.2) is 0 Å². The first-order valence-corrected chi connectivity index (χ1v) is 4.40. The Morgan fingerprint density at radius 1 is 1.45 bits per heavy atom. The Bertz CT molecular complexity index is 142. The zero-order valence-corrected chi connectivity index (χ0v) is 7.10. The first kappa shape index (κ1) is 8.72. The van der Waals surface area contributed by atoms with E-state index in [2.05, 4.69) is 6.92 Å². The number of hydrogen-bond donors (Lipinski definition) is 1. The van der Waals surface area contributed by atoms with Crippen LogP contribution in [0.4, 0.5) is 0 Å².